The van der Waals surface area contributed by atoms with Crippen LogP contribution in [-0.4, -0.2) is 53.6 Å². The maximum Gasteiger partial charge on any atom is 0.326 e. The Morgan fingerprint density at radius 2 is 1.13 bits per heavy atom. The molecule has 2 amide bonds. The first-order valence-corrected chi connectivity index (χ1v) is 20.4. The number of nitrogens with zero attached hydrogens (tertiary/aromatic N) is 1. The number of aliphatic carboxylic acids is 1. The average molecular weight is 629 g/mol. The Morgan fingerprint density at radius 3 is 1.45 bits per heavy atom. The third-order valence-corrected chi connectivity index (χ3v) is 22.4. The molecule has 3 aliphatic carbocycles. The Kier molecular flexibility index (Phi) is 11.2. The quantitative estimate of drug-likeness (QED) is 0.244. The van der Waals surface area contributed by atoms with Gasteiger partial charge in [0, 0.05) is 0 Å². The number of benzene rings is 1. The van der Waals surface area contributed by atoms with E-state index in [0.717, 1.165) is 4.90 Å². The molecule has 3 fully saturated rings. The summed E-state index contributed by atoms with van der Waals surface area (Å²) in [7, 11) is 0. The maximum atomic E-state index is 12.2. The maximum absolute atomic E-state index is 12.2. The zero-order valence-corrected chi connectivity index (χ0v) is 26.5. The van der Waals surface area contributed by atoms with Gasteiger partial charge in [0.15, 0.2) is 0 Å². The summed E-state index contributed by atoms with van der Waals surface area (Å²) in [4.78, 5) is 36.5. The van der Waals surface area contributed by atoms with Gasteiger partial charge in [-0.25, -0.2) is 4.79 Å². The van der Waals surface area contributed by atoms with Crippen LogP contribution in [0, 0.1) is 5.92 Å². The standard InChI is InChI=1S/C14H15NO4.3C6H11.Sn/c1-8(2)7-11(14(18)19)15-12(16)9-5-3-4-6-10(9)13(15)17;3*1-2-4-6-5-3-1;/h3-6,8,11H,7H2,1-2H3,(H,18,19);3*1H,2-6H2;. The van der Waals surface area contributed by atoms with Gasteiger partial charge in [0.1, 0.15) is 6.04 Å². The van der Waals surface area contributed by atoms with Gasteiger partial charge < -0.3 is 5.11 Å². The molecule has 1 heterocycles. The first-order chi connectivity index (χ1) is 18.4. The van der Waals surface area contributed by atoms with Crippen molar-refractivity contribution in [1.29, 1.82) is 0 Å². The molecule has 1 N–H and O–H groups in total. The van der Waals surface area contributed by atoms with Crippen LogP contribution < -0.4 is 0 Å². The van der Waals surface area contributed by atoms with Crippen molar-refractivity contribution in [3.63, 3.8) is 0 Å². The van der Waals surface area contributed by atoms with Gasteiger partial charge in [0.05, 0.1) is 11.1 Å². The summed E-state index contributed by atoms with van der Waals surface area (Å²) in [6.07, 6.45) is 24.5. The molecule has 1 aromatic rings. The summed E-state index contributed by atoms with van der Waals surface area (Å²) in [6.45, 7) is 3.71. The van der Waals surface area contributed by atoms with Crippen molar-refractivity contribution in [3.05, 3.63) is 35.4 Å². The number of hydrogen-bond donors (Lipinski definition) is 1. The van der Waals surface area contributed by atoms with Crippen LogP contribution >= 0.6 is 0 Å². The number of carbonyl (C=O) groups excluding carboxylic acids is 2. The van der Waals surface area contributed by atoms with Crippen LogP contribution in [0.4, 0.5) is 0 Å². The molecule has 0 aromatic heterocycles. The number of carboxylic acid groups (broad SMARTS) is 1. The molecule has 5 nitrogen and oxygen atoms in total. The van der Waals surface area contributed by atoms with Gasteiger partial charge in [-0.3, -0.25) is 14.5 Å². The first kappa shape index (κ1) is 29.6. The van der Waals surface area contributed by atoms with Gasteiger partial charge >= 0.3 is 134 Å². The van der Waals surface area contributed by atoms with Gasteiger partial charge in [-0.2, -0.15) is 0 Å². The van der Waals surface area contributed by atoms with Crippen LogP contribution in [0.15, 0.2) is 24.3 Å². The topological polar surface area (TPSA) is 74.7 Å². The fraction of sp³-hybridized carbons (Fsp3) is 0.719. The molecule has 5 rings (SSSR count). The second-order valence-corrected chi connectivity index (χ2v) is 22.4. The van der Waals surface area contributed by atoms with E-state index in [1.54, 1.807) is 121 Å². The van der Waals surface area contributed by atoms with E-state index in [2.05, 4.69) is 0 Å². The van der Waals surface area contributed by atoms with Gasteiger partial charge in [-0.15, -0.1) is 0 Å². The number of carbonyl (C=O) groups is 3. The molecule has 0 spiro atoms. The van der Waals surface area contributed by atoms with E-state index in [1.165, 1.54) is 11.8 Å². The SMILES string of the molecule is C1CC[CH]([Sn]([CH]2CCCCC2)[CH]2CCCCC2)CC1.CC(C)CC(C(=O)O)N1C(=O)c2ccccc2C1=O. The van der Waals surface area contributed by atoms with Gasteiger partial charge in [0.2, 0.25) is 0 Å². The second-order valence-electron chi connectivity index (χ2n) is 12.5. The molecule has 1 atom stereocenters. The third-order valence-electron chi connectivity index (χ3n) is 9.35. The van der Waals surface area contributed by atoms with Crippen LogP contribution in [0.2, 0.25) is 11.8 Å². The molecule has 1 radical (unpaired) electrons. The molecule has 1 aromatic carbocycles. The van der Waals surface area contributed by atoms with Crippen LogP contribution in [0.5, 0.6) is 0 Å². The average Bonchev–Trinajstić information content (AvgIpc) is 3.19. The molecule has 0 saturated heterocycles. The normalized spacial score (nSPS) is 22.4. The molecule has 6 heteroatoms. The van der Waals surface area contributed by atoms with Crippen molar-refractivity contribution < 1.29 is 19.5 Å². The molecule has 209 valence electrons. The second kappa shape index (κ2) is 14.3. The van der Waals surface area contributed by atoms with Crippen LogP contribution in [0.25, 0.3) is 0 Å². The molecule has 0 bridgehead atoms. The van der Waals surface area contributed by atoms with Crippen molar-refractivity contribution in [3.8, 4) is 0 Å². The summed E-state index contributed by atoms with van der Waals surface area (Å²) in [5.41, 5.74) is 0.560. The summed E-state index contributed by atoms with van der Waals surface area (Å²) in [6, 6.07) is 5.30. The van der Waals surface area contributed by atoms with Crippen molar-refractivity contribution in [1.82, 2.24) is 4.90 Å². The Balaban J connectivity index is 0.000000177. The van der Waals surface area contributed by atoms with E-state index in [0.29, 0.717) is 0 Å². The zero-order valence-electron chi connectivity index (χ0n) is 23.6. The fourth-order valence-corrected chi connectivity index (χ4v) is 22.5. The minimum atomic E-state index is -1.15. The Hall–Kier alpha value is -1.37. The number of carboxylic acids is 1. The summed E-state index contributed by atoms with van der Waals surface area (Å²) >= 11 is -1.15. The van der Waals surface area contributed by atoms with Crippen LogP contribution in [-0.2, 0) is 4.79 Å². The first-order valence-electron chi connectivity index (χ1n) is 15.4. The van der Waals surface area contributed by atoms with E-state index in [-0.39, 0.29) is 23.5 Å². The third kappa shape index (κ3) is 7.22. The van der Waals surface area contributed by atoms with Gasteiger partial charge in [0.25, 0.3) is 11.8 Å². The molecule has 1 aliphatic heterocycles. The smallest absolute Gasteiger partial charge is 0.326 e. The Bertz CT molecular complexity index is 867. The monoisotopic (exact) mass is 630 g/mol. The summed E-state index contributed by atoms with van der Waals surface area (Å²) < 4.78 is 3.96. The number of hydrogen-bond acceptors (Lipinski definition) is 3. The largest absolute Gasteiger partial charge is 0.480 e. The fourth-order valence-electron chi connectivity index (χ4n) is 7.56. The van der Waals surface area contributed by atoms with E-state index in [9.17, 15) is 19.5 Å². The summed E-state index contributed by atoms with van der Waals surface area (Å²) in [5.74, 6) is -2.11. The van der Waals surface area contributed by atoms with Crippen molar-refractivity contribution in [2.24, 2.45) is 5.92 Å². The number of rotatable bonds is 7. The minimum Gasteiger partial charge on any atom is -0.480 e. The predicted molar refractivity (Wildman–Crippen MR) is 154 cm³/mol. The van der Waals surface area contributed by atoms with Crippen molar-refractivity contribution in [2.45, 2.75) is 134 Å². The Morgan fingerprint density at radius 1 is 0.763 bits per heavy atom. The van der Waals surface area contributed by atoms with Crippen molar-refractivity contribution in [2.75, 3.05) is 0 Å². The van der Waals surface area contributed by atoms with E-state index in [4.69, 9.17) is 0 Å². The Labute approximate surface area is 236 Å². The molecule has 3 saturated carbocycles. The molecule has 1 unspecified atom stereocenters. The predicted octanol–water partition coefficient (Wildman–Crippen LogP) is 8.27. The molecular formula is C32H48NO4Sn. The summed E-state index contributed by atoms with van der Waals surface area (Å²) in [5, 5.41) is 9.25. The van der Waals surface area contributed by atoms with Crippen LogP contribution in [0.3, 0.4) is 0 Å². The molecular weight excluding hydrogens is 581 g/mol. The molecule has 4 aliphatic rings. The van der Waals surface area contributed by atoms with E-state index < -0.39 is 43.6 Å². The van der Waals surface area contributed by atoms with Gasteiger partial charge in [-0.1, -0.05) is 26.0 Å². The number of fused-ring (bicyclic) bond motifs is 1. The van der Waals surface area contributed by atoms with Crippen LogP contribution in [0.1, 0.15) is 137 Å². The van der Waals surface area contributed by atoms with Gasteiger partial charge in [-0.05, 0) is 24.5 Å². The number of imide groups is 1. The minimum absolute atomic E-state index is 0.0745. The molecule has 38 heavy (non-hydrogen) atoms. The van der Waals surface area contributed by atoms with E-state index in [1.807, 2.05) is 13.8 Å². The zero-order chi connectivity index (χ0) is 27.1. The van der Waals surface area contributed by atoms with E-state index >= 15 is 0 Å². The number of amides is 2. The van der Waals surface area contributed by atoms with Crippen molar-refractivity contribution >= 4 is 37.5 Å².